The molecule has 0 fully saturated rings. The first-order chi connectivity index (χ1) is 16.1. The van der Waals surface area contributed by atoms with Crippen molar-refractivity contribution in [1.29, 1.82) is 0 Å². The molecule has 174 valence electrons. The molecule has 0 aliphatic heterocycles. The van der Waals surface area contributed by atoms with Gasteiger partial charge in [-0.1, -0.05) is 113 Å². The van der Waals surface area contributed by atoms with Crippen molar-refractivity contribution in [2.75, 3.05) is 6.54 Å². The average Bonchev–Trinajstić information content (AvgIpc) is 2.85. The van der Waals surface area contributed by atoms with Crippen LogP contribution in [0.2, 0.25) is 0 Å². The number of unbranched alkanes of at least 4 members (excludes halogenated alkanes) is 7. The topological polar surface area (TPSA) is 64.0 Å². The molecule has 0 radical (unpaired) electrons. The molecule has 3 rings (SSSR count). The number of carbonyl (C=O) groups excluding carboxylic acids is 1. The van der Waals surface area contributed by atoms with Crippen LogP contribution in [0.15, 0.2) is 65.5 Å². The molecule has 0 saturated heterocycles. The highest BCUT2D eigenvalue weighted by atomic mass is 16.2. The van der Waals surface area contributed by atoms with Gasteiger partial charge >= 0.3 is 0 Å². The highest BCUT2D eigenvalue weighted by Crippen LogP contribution is 2.31. The molecule has 0 bridgehead atoms. The highest BCUT2D eigenvalue weighted by molar-refractivity contribution is 6.03. The number of hydrogen-bond donors (Lipinski definition) is 1. The summed E-state index contributed by atoms with van der Waals surface area (Å²) in [5.74, 6) is -0.336. The standard InChI is InChI=1S/C28H35N3O2/c1-3-4-5-6-7-8-9-16-21-29-27(32)25-24(22-17-12-10-13-18-22)26(30-31(2)28(25)33)23-19-14-11-15-20-23/h10-15,17-20H,3-9,16,21H2,1-2H3,(H,29,32). The predicted molar refractivity (Wildman–Crippen MR) is 135 cm³/mol. The second kappa shape index (κ2) is 12.7. The first-order valence-electron chi connectivity index (χ1n) is 12.1. The van der Waals surface area contributed by atoms with Crippen molar-refractivity contribution in [3.8, 4) is 22.4 Å². The van der Waals surface area contributed by atoms with Gasteiger partial charge in [0.15, 0.2) is 0 Å². The van der Waals surface area contributed by atoms with Crippen molar-refractivity contribution in [3.63, 3.8) is 0 Å². The van der Waals surface area contributed by atoms with E-state index in [1.54, 1.807) is 7.05 Å². The Morgan fingerprint density at radius 1 is 0.818 bits per heavy atom. The lowest BCUT2D eigenvalue weighted by atomic mass is 9.95. The lowest BCUT2D eigenvalue weighted by molar-refractivity contribution is 0.0951. The second-order valence-corrected chi connectivity index (χ2v) is 8.49. The number of rotatable bonds is 12. The summed E-state index contributed by atoms with van der Waals surface area (Å²) in [6.07, 6.45) is 9.60. The van der Waals surface area contributed by atoms with Crippen molar-refractivity contribution >= 4 is 5.91 Å². The summed E-state index contributed by atoms with van der Waals surface area (Å²) < 4.78 is 1.26. The van der Waals surface area contributed by atoms with Gasteiger partial charge in [0.25, 0.3) is 11.5 Å². The molecule has 1 amide bonds. The fraction of sp³-hybridized carbons (Fsp3) is 0.393. The molecule has 0 atom stereocenters. The lowest BCUT2D eigenvalue weighted by Crippen LogP contribution is -2.35. The van der Waals surface area contributed by atoms with Crippen molar-refractivity contribution < 1.29 is 4.79 Å². The molecule has 1 aromatic heterocycles. The van der Waals surface area contributed by atoms with Crippen LogP contribution in [0.5, 0.6) is 0 Å². The van der Waals surface area contributed by atoms with Gasteiger partial charge in [0.2, 0.25) is 0 Å². The molecule has 33 heavy (non-hydrogen) atoms. The fourth-order valence-corrected chi connectivity index (χ4v) is 4.08. The summed E-state index contributed by atoms with van der Waals surface area (Å²) >= 11 is 0. The van der Waals surface area contributed by atoms with E-state index in [0.717, 1.165) is 24.0 Å². The summed E-state index contributed by atoms with van der Waals surface area (Å²) in [5, 5.41) is 7.52. The third-order valence-electron chi connectivity index (χ3n) is 5.90. The maximum Gasteiger partial charge on any atom is 0.280 e. The number of aromatic nitrogens is 2. The average molecular weight is 446 g/mol. The number of carbonyl (C=O) groups is 1. The smallest absolute Gasteiger partial charge is 0.280 e. The van der Waals surface area contributed by atoms with E-state index in [0.29, 0.717) is 17.8 Å². The minimum Gasteiger partial charge on any atom is -0.352 e. The summed E-state index contributed by atoms with van der Waals surface area (Å²) in [4.78, 5) is 26.3. The van der Waals surface area contributed by atoms with Gasteiger partial charge in [-0.3, -0.25) is 9.59 Å². The van der Waals surface area contributed by atoms with Crippen molar-refractivity contribution in [3.05, 3.63) is 76.6 Å². The van der Waals surface area contributed by atoms with Crippen LogP contribution in [0, 0.1) is 0 Å². The quantitative estimate of drug-likeness (QED) is 0.349. The lowest BCUT2D eigenvalue weighted by Gasteiger charge is -2.16. The zero-order valence-electron chi connectivity index (χ0n) is 19.8. The molecule has 0 spiro atoms. The molecule has 0 saturated carbocycles. The van der Waals surface area contributed by atoms with E-state index >= 15 is 0 Å². The van der Waals surface area contributed by atoms with Crippen LogP contribution in [-0.2, 0) is 7.05 Å². The molecule has 1 N–H and O–H groups in total. The Morgan fingerprint density at radius 2 is 1.36 bits per heavy atom. The predicted octanol–water partition coefficient (Wildman–Crippen LogP) is 5.98. The van der Waals surface area contributed by atoms with Crippen molar-refractivity contribution in [2.45, 2.75) is 58.3 Å². The largest absolute Gasteiger partial charge is 0.352 e. The zero-order chi connectivity index (χ0) is 23.5. The van der Waals surface area contributed by atoms with Gasteiger partial charge in [-0.2, -0.15) is 5.10 Å². The number of nitrogens with one attached hydrogen (secondary N) is 1. The number of hydrogen-bond acceptors (Lipinski definition) is 3. The van der Waals surface area contributed by atoms with Crippen LogP contribution >= 0.6 is 0 Å². The molecule has 5 heteroatoms. The fourth-order valence-electron chi connectivity index (χ4n) is 4.08. The van der Waals surface area contributed by atoms with E-state index in [1.165, 1.54) is 43.2 Å². The van der Waals surface area contributed by atoms with Crippen LogP contribution in [0.3, 0.4) is 0 Å². The Balaban J connectivity index is 1.80. The Labute approximate surface area is 196 Å². The summed E-state index contributed by atoms with van der Waals surface area (Å²) in [5.41, 5.74) is 2.64. The van der Waals surface area contributed by atoms with Crippen LogP contribution in [0.4, 0.5) is 0 Å². The van der Waals surface area contributed by atoms with Gasteiger partial charge in [0.1, 0.15) is 5.56 Å². The Kier molecular flexibility index (Phi) is 9.43. The van der Waals surface area contributed by atoms with Gasteiger partial charge in [0.05, 0.1) is 5.69 Å². The maximum absolute atomic E-state index is 13.3. The Hall–Kier alpha value is -3.21. The highest BCUT2D eigenvalue weighted by Gasteiger charge is 2.24. The van der Waals surface area contributed by atoms with Crippen LogP contribution in [0.1, 0.15) is 68.6 Å². The van der Waals surface area contributed by atoms with Crippen LogP contribution in [0.25, 0.3) is 22.4 Å². The zero-order valence-corrected chi connectivity index (χ0v) is 19.8. The van der Waals surface area contributed by atoms with E-state index in [1.807, 2.05) is 60.7 Å². The van der Waals surface area contributed by atoms with Gasteiger partial charge in [0, 0.05) is 24.7 Å². The number of benzene rings is 2. The van der Waals surface area contributed by atoms with Gasteiger partial charge in [-0.25, -0.2) is 4.68 Å². The maximum atomic E-state index is 13.3. The molecule has 0 aliphatic carbocycles. The molecule has 0 aliphatic rings. The Bertz CT molecular complexity index is 1080. The molecule has 3 aromatic rings. The Morgan fingerprint density at radius 3 is 1.97 bits per heavy atom. The second-order valence-electron chi connectivity index (χ2n) is 8.49. The summed E-state index contributed by atoms with van der Waals surface area (Å²) in [6, 6.07) is 19.2. The minimum absolute atomic E-state index is 0.150. The molecule has 2 aromatic carbocycles. The van der Waals surface area contributed by atoms with E-state index in [9.17, 15) is 9.59 Å². The minimum atomic E-state index is -0.387. The number of amides is 1. The molecule has 0 unspecified atom stereocenters. The molecule has 5 nitrogen and oxygen atoms in total. The van der Waals surface area contributed by atoms with E-state index in [2.05, 4.69) is 17.3 Å². The van der Waals surface area contributed by atoms with Crippen LogP contribution < -0.4 is 10.9 Å². The number of aryl methyl sites for hydroxylation is 1. The first kappa shape index (κ1) is 24.4. The molecular weight excluding hydrogens is 410 g/mol. The third kappa shape index (κ3) is 6.64. The van der Waals surface area contributed by atoms with E-state index < -0.39 is 0 Å². The van der Waals surface area contributed by atoms with E-state index in [4.69, 9.17) is 0 Å². The van der Waals surface area contributed by atoms with E-state index in [-0.39, 0.29) is 17.0 Å². The number of nitrogens with zero attached hydrogens (tertiary/aromatic N) is 2. The van der Waals surface area contributed by atoms with Gasteiger partial charge in [-0.15, -0.1) is 0 Å². The third-order valence-corrected chi connectivity index (χ3v) is 5.90. The molecular formula is C28H35N3O2. The first-order valence-corrected chi connectivity index (χ1v) is 12.1. The van der Waals surface area contributed by atoms with Crippen LogP contribution in [-0.4, -0.2) is 22.2 Å². The summed E-state index contributed by atoms with van der Waals surface area (Å²) in [7, 11) is 1.60. The SMILES string of the molecule is CCCCCCCCCCNC(=O)c1c(-c2ccccc2)c(-c2ccccc2)nn(C)c1=O. The summed E-state index contributed by atoms with van der Waals surface area (Å²) in [6.45, 7) is 2.79. The molecule has 1 heterocycles. The van der Waals surface area contributed by atoms with Crippen molar-refractivity contribution in [2.24, 2.45) is 7.05 Å². The van der Waals surface area contributed by atoms with Crippen molar-refractivity contribution in [1.82, 2.24) is 15.1 Å². The normalized spacial score (nSPS) is 10.8. The van der Waals surface area contributed by atoms with Gasteiger partial charge in [-0.05, 0) is 12.0 Å². The van der Waals surface area contributed by atoms with Gasteiger partial charge < -0.3 is 5.32 Å². The monoisotopic (exact) mass is 445 g/mol.